The second kappa shape index (κ2) is 5.70. The monoisotopic (exact) mass is 226 g/mol. The van der Waals surface area contributed by atoms with E-state index in [4.69, 9.17) is 18.0 Å². The first-order valence-electron chi connectivity index (χ1n) is 5.13. The molecule has 0 saturated carbocycles. The highest BCUT2D eigenvalue weighted by Crippen LogP contribution is 2.14. The average molecular weight is 226 g/mol. The lowest BCUT2D eigenvalue weighted by Crippen LogP contribution is -2.35. The van der Waals surface area contributed by atoms with E-state index in [9.17, 15) is 0 Å². The molecule has 1 unspecified atom stereocenters. The molecule has 4 nitrogen and oxygen atoms in total. The van der Waals surface area contributed by atoms with Crippen LogP contribution < -0.4 is 11.1 Å². The maximum atomic E-state index is 5.49. The van der Waals surface area contributed by atoms with Crippen molar-refractivity contribution in [2.45, 2.75) is 32.9 Å². The molecule has 0 spiro atoms. The molecule has 1 aromatic heterocycles. The first kappa shape index (κ1) is 12.0. The fourth-order valence-electron chi connectivity index (χ4n) is 1.40. The fourth-order valence-corrected chi connectivity index (χ4v) is 1.54. The van der Waals surface area contributed by atoms with Crippen molar-refractivity contribution in [2.75, 3.05) is 0 Å². The van der Waals surface area contributed by atoms with E-state index in [1.165, 1.54) is 0 Å². The highest BCUT2D eigenvalue weighted by atomic mass is 32.1. The lowest BCUT2D eigenvalue weighted by atomic mass is 10.1. The summed E-state index contributed by atoms with van der Waals surface area (Å²) in [4.78, 5) is 4.02. The van der Waals surface area contributed by atoms with Crippen LogP contribution in [-0.4, -0.2) is 14.7 Å². The van der Waals surface area contributed by atoms with Crippen LogP contribution in [0.4, 0.5) is 0 Å². The van der Waals surface area contributed by atoms with Crippen LogP contribution in [0.1, 0.15) is 32.9 Å². The normalized spacial score (nSPS) is 12.7. The van der Waals surface area contributed by atoms with Crippen molar-refractivity contribution in [3.63, 3.8) is 0 Å². The molecule has 0 aromatic carbocycles. The molecule has 5 heteroatoms. The van der Waals surface area contributed by atoms with E-state index < -0.39 is 0 Å². The molecule has 15 heavy (non-hydrogen) atoms. The van der Waals surface area contributed by atoms with E-state index in [1.807, 2.05) is 10.8 Å². The van der Waals surface area contributed by atoms with Gasteiger partial charge in [0.1, 0.15) is 6.17 Å². The number of hydrogen-bond acceptors (Lipinski definition) is 2. The summed E-state index contributed by atoms with van der Waals surface area (Å²) in [6.07, 6.45) is 7.67. The van der Waals surface area contributed by atoms with Crippen LogP contribution in [0.15, 0.2) is 18.7 Å². The van der Waals surface area contributed by atoms with Crippen LogP contribution in [-0.2, 0) is 0 Å². The number of imidazole rings is 1. The molecular formula is C10H18N4S. The molecule has 0 aliphatic heterocycles. The zero-order valence-corrected chi connectivity index (χ0v) is 10.00. The Morgan fingerprint density at radius 2 is 2.27 bits per heavy atom. The van der Waals surface area contributed by atoms with Crippen molar-refractivity contribution in [3.05, 3.63) is 18.7 Å². The number of nitrogens with one attached hydrogen (secondary N) is 1. The van der Waals surface area contributed by atoms with Crippen LogP contribution in [0, 0.1) is 5.92 Å². The van der Waals surface area contributed by atoms with Gasteiger partial charge in [0.05, 0.1) is 6.33 Å². The summed E-state index contributed by atoms with van der Waals surface area (Å²) in [5, 5.41) is 3.40. The number of nitrogens with two attached hydrogens (primary N) is 1. The van der Waals surface area contributed by atoms with Crippen molar-refractivity contribution in [2.24, 2.45) is 11.7 Å². The number of rotatable bonds is 5. The summed E-state index contributed by atoms with van der Waals surface area (Å²) < 4.78 is 1.99. The van der Waals surface area contributed by atoms with E-state index in [1.54, 1.807) is 12.5 Å². The van der Waals surface area contributed by atoms with E-state index in [0.717, 1.165) is 12.8 Å². The molecule has 1 heterocycles. The second-order valence-electron chi connectivity index (χ2n) is 4.01. The molecule has 0 radical (unpaired) electrons. The molecule has 0 aliphatic carbocycles. The van der Waals surface area contributed by atoms with Gasteiger partial charge in [0.15, 0.2) is 5.11 Å². The van der Waals surface area contributed by atoms with Crippen LogP contribution in [0.3, 0.4) is 0 Å². The maximum absolute atomic E-state index is 5.49. The molecule has 0 fully saturated rings. The van der Waals surface area contributed by atoms with Gasteiger partial charge in [0.2, 0.25) is 0 Å². The Labute approximate surface area is 95.9 Å². The molecule has 84 valence electrons. The highest BCUT2D eigenvalue weighted by molar-refractivity contribution is 7.80. The summed E-state index contributed by atoms with van der Waals surface area (Å²) in [6, 6.07) is 0. The van der Waals surface area contributed by atoms with Gasteiger partial charge in [-0.2, -0.15) is 0 Å². The van der Waals surface area contributed by atoms with E-state index in [2.05, 4.69) is 24.1 Å². The second-order valence-corrected chi connectivity index (χ2v) is 4.45. The minimum atomic E-state index is 0.118. The third kappa shape index (κ3) is 4.29. The SMILES string of the molecule is CC(C)CCC(NC(N)=S)n1ccnc1. The van der Waals surface area contributed by atoms with Crippen LogP contribution in [0.2, 0.25) is 0 Å². The molecule has 3 N–H and O–H groups in total. The average Bonchev–Trinajstić information content (AvgIpc) is 2.63. The lowest BCUT2D eigenvalue weighted by Gasteiger charge is -2.20. The Morgan fingerprint density at radius 3 is 2.73 bits per heavy atom. The fraction of sp³-hybridized carbons (Fsp3) is 0.600. The van der Waals surface area contributed by atoms with E-state index in [0.29, 0.717) is 11.0 Å². The summed E-state index contributed by atoms with van der Waals surface area (Å²) in [7, 11) is 0. The Balaban J connectivity index is 2.57. The largest absolute Gasteiger partial charge is 0.376 e. The Morgan fingerprint density at radius 1 is 1.53 bits per heavy atom. The predicted molar refractivity (Wildman–Crippen MR) is 65.3 cm³/mol. The van der Waals surface area contributed by atoms with Gasteiger partial charge in [-0.15, -0.1) is 0 Å². The molecular weight excluding hydrogens is 208 g/mol. The smallest absolute Gasteiger partial charge is 0.165 e. The minimum absolute atomic E-state index is 0.118. The number of hydrogen-bond donors (Lipinski definition) is 2. The van der Waals surface area contributed by atoms with Gasteiger partial charge in [-0.1, -0.05) is 13.8 Å². The van der Waals surface area contributed by atoms with Gasteiger partial charge < -0.3 is 15.6 Å². The molecule has 0 aliphatic rings. The number of nitrogens with zero attached hydrogens (tertiary/aromatic N) is 2. The van der Waals surface area contributed by atoms with Gasteiger partial charge >= 0.3 is 0 Å². The molecule has 0 amide bonds. The Kier molecular flexibility index (Phi) is 4.55. The maximum Gasteiger partial charge on any atom is 0.165 e. The van der Waals surface area contributed by atoms with Crippen LogP contribution in [0.25, 0.3) is 0 Å². The van der Waals surface area contributed by atoms with Crippen molar-refractivity contribution in [1.29, 1.82) is 0 Å². The third-order valence-corrected chi connectivity index (χ3v) is 2.33. The van der Waals surface area contributed by atoms with Crippen LogP contribution in [0.5, 0.6) is 0 Å². The molecule has 1 atom stereocenters. The molecule has 0 saturated heterocycles. The number of aromatic nitrogens is 2. The van der Waals surface area contributed by atoms with Crippen molar-refractivity contribution >= 4 is 17.3 Å². The van der Waals surface area contributed by atoms with Crippen molar-refractivity contribution < 1.29 is 0 Å². The topological polar surface area (TPSA) is 55.9 Å². The summed E-state index contributed by atoms with van der Waals surface area (Å²) in [6.45, 7) is 4.40. The van der Waals surface area contributed by atoms with Crippen molar-refractivity contribution in [3.8, 4) is 0 Å². The predicted octanol–water partition coefficient (Wildman–Crippen LogP) is 1.65. The molecule has 0 bridgehead atoms. The summed E-state index contributed by atoms with van der Waals surface area (Å²) in [5.74, 6) is 0.671. The van der Waals surface area contributed by atoms with Gasteiger partial charge in [-0.3, -0.25) is 0 Å². The van der Waals surface area contributed by atoms with Gasteiger partial charge in [0, 0.05) is 12.4 Å². The van der Waals surface area contributed by atoms with E-state index in [-0.39, 0.29) is 6.17 Å². The van der Waals surface area contributed by atoms with Crippen LogP contribution >= 0.6 is 12.2 Å². The summed E-state index contributed by atoms with van der Waals surface area (Å²) in [5.41, 5.74) is 5.49. The first-order chi connectivity index (χ1) is 7.09. The standard InChI is InChI=1S/C10H18N4S/c1-8(2)3-4-9(13-10(11)15)14-6-5-12-7-14/h5-9H,3-4H2,1-2H3,(H3,11,13,15). The number of thiocarbonyl (C=S) groups is 1. The van der Waals surface area contributed by atoms with Gasteiger partial charge in [-0.25, -0.2) is 4.98 Å². The Bertz CT molecular complexity index is 294. The zero-order valence-electron chi connectivity index (χ0n) is 9.18. The quantitative estimate of drug-likeness (QED) is 0.750. The van der Waals surface area contributed by atoms with Crippen molar-refractivity contribution in [1.82, 2.24) is 14.9 Å². The summed E-state index contributed by atoms with van der Waals surface area (Å²) >= 11 is 4.86. The molecule has 1 aromatic rings. The Hall–Kier alpha value is -1.10. The third-order valence-electron chi connectivity index (χ3n) is 2.21. The first-order valence-corrected chi connectivity index (χ1v) is 5.54. The highest BCUT2D eigenvalue weighted by Gasteiger charge is 2.10. The minimum Gasteiger partial charge on any atom is -0.376 e. The lowest BCUT2D eigenvalue weighted by molar-refractivity contribution is 0.392. The molecule has 1 rings (SSSR count). The van der Waals surface area contributed by atoms with Gasteiger partial charge in [-0.05, 0) is 31.0 Å². The van der Waals surface area contributed by atoms with Gasteiger partial charge in [0.25, 0.3) is 0 Å². The zero-order chi connectivity index (χ0) is 11.3. The van der Waals surface area contributed by atoms with E-state index >= 15 is 0 Å².